The van der Waals surface area contributed by atoms with E-state index in [4.69, 9.17) is 0 Å². The van der Waals surface area contributed by atoms with Crippen molar-refractivity contribution in [2.45, 2.75) is 57.9 Å². The van der Waals surface area contributed by atoms with E-state index < -0.39 is 0 Å². The van der Waals surface area contributed by atoms with Gasteiger partial charge in [0.25, 0.3) is 0 Å². The summed E-state index contributed by atoms with van der Waals surface area (Å²) in [7, 11) is 0. The Morgan fingerprint density at radius 1 is 1.32 bits per heavy atom. The molecule has 0 radical (unpaired) electrons. The van der Waals surface area contributed by atoms with Crippen molar-refractivity contribution in [1.82, 2.24) is 5.32 Å². The lowest BCUT2D eigenvalue weighted by molar-refractivity contribution is 0.315. The van der Waals surface area contributed by atoms with Crippen LogP contribution in [0.25, 0.3) is 0 Å². The highest BCUT2D eigenvalue weighted by atomic mass is 79.9. The molecule has 1 aliphatic rings. The minimum absolute atomic E-state index is 0.504. The van der Waals surface area contributed by atoms with Crippen LogP contribution in [0.5, 0.6) is 0 Å². The van der Waals surface area contributed by atoms with Gasteiger partial charge in [0.15, 0.2) is 0 Å². The molecule has 1 aromatic rings. The fourth-order valence-electron chi connectivity index (χ4n) is 3.08. The van der Waals surface area contributed by atoms with Crippen molar-refractivity contribution in [3.05, 3.63) is 19.2 Å². The van der Waals surface area contributed by atoms with E-state index in [1.54, 1.807) is 11.3 Å². The summed E-state index contributed by atoms with van der Waals surface area (Å²) < 4.78 is 2.49. The second kappa shape index (κ2) is 8.16. The van der Waals surface area contributed by atoms with Gasteiger partial charge in [0.2, 0.25) is 0 Å². The number of hydrogen-bond donors (Lipinski definition) is 1. The molecule has 1 fully saturated rings. The van der Waals surface area contributed by atoms with Gasteiger partial charge in [-0.15, -0.1) is 11.3 Å². The lowest BCUT2D eigenvalue weighted by Gasteiger charge is -2.24. The Morgan fingerprint density at radius 2 is 2.05 bits per heavy atom. The molecule has 108 valence electrons. The van der Waals surface area contributed by atoms with Gasteiger partial charge >= 0.3 is 0 Å². The van der Waals surface area contributed by atoms with Crippen LogP contribution in [0.1, 0.15) is 63.5 Å². The molecule has 1 saturated carbocycles. The molecule has 4 heteroatoms. The molecule has 1 heterocycles. The minimum atomic E-state index is 0.504. The Hall–Kier alpha value is 0.620. The normalized spacial score (nSPS) is 18.7. The third kappa shape index (κ3) is 4.83. The fraction of sp³-hybridized carbons (Fsp3) is 0.733. The molecule has 19 heavy (non-hydrogen) atoms. The van der Waals surface area contributed by atoms with Crippen LogP contribution in [0.2, 0.25) is 0 Å². The van der Waals surface area contributed by atoms with E-state index in [-0.39, 0.29) is 0 Å². The van der Waals surface area contributed by atoms with Crippen LogP contribution in [0.3, 0.4) is 0 Å². The Morgan fingerprint density at radius 3 is 2.63 bits per heavy atom. The van der Waals surface area contributed by atoms with E-state index in [2.05, 4.69) is 50.2 Å². The molecular formula is C15H23Br2NS. The maximum Gasteiger partial charge on any atom is 0.0758 e. The first kappa shape index (κ1) is 16.0. The van der Waals surface area contributed by atoms with Gasteiger partial charge in [0, 0.05) is 6.04 Å². The predicted molar refractivity (Wildman–Crippen MR) is 91.9 cm³/mol. The second-order valence-electron chi connectivity index (χ2n) is 5.47. The Balaban J connectivity index is 1.93. The van der Waals surface area contributed by atoms with Crippen LogP contribution in [-0.4, -0.2) is 6.54 Å². The first-order valence-electron chi connectivity index (χ1n) is 7.38. The number of nitrogens with one attached hydrogen (secondary N) is 1. The van der Waals surface area contributed by atoms with Crippen LogP contribution in [0.15, 0.2) is 13.6 Å². The van der Waals surface area contributed by atoms with Crippen molar-refractivity contribution in [3.63, 3.8) is 0 Å². The van der Waals surface area contributed by atoms with E-state index in [1.807, 2.05) is 0 Å². The fourth-order valence-corrected chi connectivity index (χ4v) is 6.06. The molecule has 0 spiro atoms. The van der Waals surface area contributed by atoms with Crippen molar-refractivity contribution >= 4 is 43.2 Å². The van der Waals surface area contributed by atoms with Gasteiger partial charge in [-0.1, -0.05) is 39.0 Å². The van der Waals surface area contributed by atoms with Crippen molar-refractivity contribution < 1.29 is 0 Å². The Kier molecular flexibility index (Phi) is 6.87. The van der Waals surface area contributed by atoms with E-state index in [0.717, 1.165) is 12.5 Å². The molecule has 0 aromatic carbocycles. The molecule has 0 aliphatic heterocycles. The monoisotopic (exact) mass is 407 g/mol. The molecule has 1 nitrogen and oxygen atoms in total. The standard InChI is InChI=1S/C15H23Br2NS/c1-2-18-13(12-10-14(16)19-15(12)17)9-8-11-6-4-3-5-7-11/h10-11,13,18H,2-9H2,1H3. The highest BCUT2D eigenvalue weighted by molar-refractivity contribution is 9.12. The average Bonchev–Trinajstić information content (AvgIpc) is 2.75. The number of rotatable bonds is 6. The van der Waals surface area contributed by atoms with Crippen molar-refractivity contribution in [1.29, 1.82) is 0 Å². The topological polar surface area (TPSA) is 12.0 Å². The number of thiophene rings is 1. The third-order valence-corrected chi connectivity index (χ3v) is 6.48. The summed E-state index contributed by atoms with van der Waals surface area (Å²) >= 11 is 9.07. The molecule has 1 unspecified atom stereocenters. The third-order valence-electron chi connectivity index (χ3n) is 4.10. The molecule has 1 aliphatic carbocycles. The van der Waals surface area contributed by atoms with Gasteiger partial charge in [-0.3, -0.25) is 0 Å². The lowest BCUT2D eigenvalue weighted by Crippen LogP contribution is -2.22. The van der Waals surface area contributed by atoms with E-state index in [0.29, 0.717) is 6.04 Å². The van der Waals surface area contributed by atoms with Gasteiger partial charge in [0.1, 0.15) is 0 Å². The van der Waals surface area contributed by atoms with Crippen molar-refractivity contribution in [2.24, 2.45) is 5.92 Å². The summed E-state index contributed by atoms with van der Waals surface area (Å²) in [6, 6.07) is 2.77. The quantitative estimate of drug-likeness (QED) is 0.583. The largest absolute Gasteiger partial charge is 0.310 e. The molecule has 2 rings (SSSR count). The van der Waals surface area contributed by atoms with Gasteiger partial charge in [-0.2, -0.15) is 0 Å². The summed E-state index contributed by atoms with van der Waals surface area (Å²) in [5.74, 6) is 0.968. The summed E-state index contributed by atoms with van der Waals surface area (Å²) in [5.41, 5.74) is 1.43. The van der Waals surface area contributed by atoms with E-state index in [1.165, 1.54) is 58.1 Å². The van der Waals surface area contributed by atoms with Crippen LogP contribution in [0.4, 0.5) is 0 Å². The lowest BCUT2D eigenvalue weighted by atomic mass is 9.84. The van der Waals surface area contributed by atoms with Gasteiger partial charge in [-0.25, -0.2) is 0 Å². The first-order valence-corrected chi connectivity index (χ1v) is 9.79. The molecule has 0 saturated heterocycles. The van der Waals surface area contributed by atoms with Gasteiger partial charge in [0.05, 0.1) is 7.57 Å². The maximum atomic E-state index is 3.70. The zero-order valence-electron chi connectivity index (χ0n) is 11.6. The molecule has 1 atom stereocenters. The summed E-state index contributed by atoms with van der Waals surface area (Å²) in [4.78, 5) is 0. The highest BCUT2D eigenvalue weighted by Crippen LogP contribution is 2.38. The van der Waals surface area contributed by atoms with E-state index in [9.17, 15) is 0 Å². The number of halogens is 2. The smallest absolute Gasteiger partial charge is 0.0758 e. The molecule has 0 amide bonds. The minimum Gasteiger partial charge on any atom is -0.310 e. The Bertz CT molecular complexity index is 385. The molecular weight excluding hydrogens is 386 g/mol. The maximum absolute atomic E-state index is 3.70. The summed E-state index contributed by atoms with van der Waals surface area (Å²) in [5, 5.41) is 3.65. The van der Waals surface area contributed by atoms with E-state index >= 15 is 0 Å². The van der Waals surface area contributed by atoms with Crippen LogP contribution in [-0.2, 0) is 0 Å². The van der Waals surface area contributed by atoms with Gasteiger partial charge < -0.3 is 5.32 Å². The van der Waals surface area contributed by atoms with Crippen LogP contribution >= 0.6 is 43.2 Å². The summed E-state index contributed by atoms with van der Waals surface area (Å²) in [6.45, 7) is 3.23. The summed E-state index contributed by atoms with van der Waals surface area (Å²) in [6.07, 6.45) is 9.89. The average molecular weight is 409 g/mol. The second-order valence-corrected chi connectivity index (χ2v) is 9.22. The van der Waals surface area contributed by atoms with Crippen LogP contribution < -0.4 is 5.32 Å². The molecule has 1 N–H and O–H groups in total. The van der Waals surface area contributed by atoms with Gasteiger partial charge in [-0.05, 0) is 68.8 Å². The first-order chi connectivity index (χ1) is 9.20. The zero-order valence-corrected chi connectivity index (χ0v) is 15.5. The molecule has 0 bridgehead atoms. The SMILES string of the molecule is CCNC(CCC1CCCCC1)c1cc(Br)sc1Br. The predicted octanol–water partition coefficient (Wildman–Crippen LogP) is 6.28. The van der Waals surface area contributed by atoms with Crippen molar-refractivity contribution in [3.8, 4) is 0 Å². The van der Waals surface area contributed by atoms with Crippen LogP contribution in [0, 0.1) is 5.92 Å². The Labute approximate surface area is 137 Å². The van der Waals surface area contributed by atoms with Crippen molar-refractivity contribution in [2.75, 3.05) is 6.54 Å². The zero-order chi connectivity index (χ0) is 13.7. The molecule has 1 aromatic heterocycles. The highest BCUT2D eigenvalue weighted by Gasteiger charge is 2.19. The number of hydrogen-bond acceptors (Lipinski definition) is 2.